The minimum atomic E-state index is -2.86. The summed E-state index contributed by atoms with van der Waals surface area (Å²) in [7, 11) is -2.86. The van der Waals surface area contributed by atoms with Crippen LogP contribution < -0.4 is 0 Å². The summed E-state index contributed by atoms with van der Waals surface area (Å²) in [5, 5.41) is 8.72. The van der Waals surface area contributed by atoms with Gasteiger partial charge in [-0.15, -0.1) is 0 Å². The maximum Gasteiger partial charge on any atom is 0.306 e. The topological polar surface area (TPSA) is 89.9 Å². The summed E-state index contributed by atoms with van der Waals surface area (Å²) in [6.07, 6.45) is 1.42. The van der Waals surface area contributed by atoms with Crippen LogP contribution >= 0.6 is 0 Å². The standard InChI is InChI=1S/C12H20O6S/c1-12(17-8-10(18-12)6-11(13)14)7-9-2-4-19(15,16)5-3-9/h9-10H,2-8H2,1H3,(H,13,14). The molecule has 0 aliphatic carbocycles. The van der Waals surface area contributed by atoms with Gasteiger partial charge in [0.25, 0.3) is 0 Å². The van der Waals surface area contributed by atoms with Gasteiger partial charge in [-0.05, 0) is 25.7 Å². The van der Waals surface area contributed by atoms with Crippen LogP contribution in [-0.2, 0) is 24.1 Å². The number of hydrogen-bond donors (Lipinski definition) is 1. The molecule has 2 saturated heterocycles. The van der Waals surface area contributed by atoms with Gasteiger partial charge in [0.05, 0.1) is 30.6 Å². The van der Waals surface area contributed by atoms with Crippen molar-refractivity contribution in [2.45, 2.75) is 44.5 Å². The van der Waals surface area contributed by atoms with E-state index in [2.05, 4.69) is 0 Å². The zero-order chi connectivity index (χ0) is 14.1. The maximum absolute atomic E-state index is 11.4. The Hall–Kier alpha value is -0.660. The van der Waals surface area contributed by atoms with Crippen molar-refractivity contribution in [2.75, 3.05) is 18.1 Å². The molecule has 2 atom stereocenters. The Morgan fingerprint density at radius 2 is 2.00 bits per heavy atom. The first kappa shape index (κ1) is 14.7. The third-order valence-corrected chi connectivity index (χ3v) is 5.44. The van der Waals surface area contributed by atoms with Gasteiger partial charge < -0.3 is 14.6 Å². The molecule has 0 bridgehead atoms. The van der Waals surface area contributed by atoms with E-state index in [0.717, 1.165) is 0 Å². The minimum Gasteiger partial charge on any atom is -0.481 e. The van der Waals surface area contributed by atoms with Crippen LogP contribution in [0.25, 0.3) is 0 Å². The van der Waals surface area contributed by atoms with Crippen LogP contribution in [0.3, 0.4) is 0 Å². The average Bonchev–Trinajstić information content (AvgIpc) is 2.63. The lowest BCUT2D eigenvalue weighted by Gasteiger charge is -2.30. The molecule has 2 heterocycles. The van der Waals surface area contributed by atoms with Crippen LogP contribution in [0.1, 0.15) is 32.6 Å². The first-order valence-electron chi connectivity index (χ1n) is 6.52. The lowest BCUT2D eigenvalue weighted by atomic mass is 9.94. The van der Waals surface area contributed by atoms with Crippen molar-refractivity contribution < 1.29 is 27.8 Å². The van der Waals surface area contributed by atoms with E-state index < -0.39 is 27.7 Å². The predicted octanol–water partition coefficient (Wildman–Crippen LogP) is 0.808. The van der Waals surface area contributed by atoms with Gasteiger partial charge in [-0.3, -0.25) is 4.79 Å². The molecule has 0 aromatic rings. The van der Waals surface area contributed by atoms with E-state index in [9.17, 15) is 13.2 Å². The molecular weight excluding hydrogens is 272 g/mol. The van der Waals surface area contributed by atoms with Crippen LogP contribution in [0.15, 0.2) is 0 Å². The highest BCUT2D eigenvalue weighted by atomic mass is 32.2. The Morgan fingerprint density at radius 3 is 2.58 bits per heavy atom. The first-order chi connectivity index (χ1) is 8.78. The molecule has 0 radical (unpaired) electrons. The summed E-state index contributed by atoms with van der Waals surface area (Å²) in [4.78, 5) is 10.6. The Morgan fingerprint density at radius 1 is 1.37 bits per heavy atom. The lowest BCUT2D eigenvalue weighted by Crippen LogP contribution is -2.33. The predicted molar refractivity (Wildman–Crippen MR) is 67.5 cm³/mol. The quantitative estimate of drug-likeness (QED) is 0.824. The number of ether oxygens (including phenoxy) is 2. The zero-order valence-electron chi connectivity index (χ0n) is 11.0. The van der Waals surface area contributed by atoms with Crippen LogP contribution in [0.5, 0.6) is 0 Å². The van der Waals surface area contributed by atoms with Gasteiger partial charge in [-0.25, -0.2) is 8.42 Å². The van der Waals surface area contributed by atoms with Gasteiger partial charge >= 0.3 is 5.97 Å². The Kier molecular flexibility index (Phi) is 4.17. The maximum atomic E-state index is 11.4. The van der Waals surface area contributed by atoms with Crippen molar-refractivity contribution in [3.05, 3.63) is 0 Å². The highest BCUT2D eigenvalue weighted by Gasteiger charge is 2.40. The first-order valence-corrected chi connectivity index (χ1v) is 8.34. The number of aliphatic carboxylic acids is 1. The highest BCUT2D eigenvalue weighted by Crippen LogP contribution is 2.35. The van der Waals surface area contributed by atoms with E-state index >= 15 is 0 Å². The minimum absolute atomic E-state index is 0.0609. The fourth-order valence-corrected chi connectivity index (χ4v) is 4.35. The molecule has 19 heavy (non-hydrogen) atoms. The normalized spacial score (nSPS) is 35.3. The SMILES string of the molecule is CC1(CC2CCS(=O)(=O)CC2)OCC(CC(=O)O)O1. The van der Waals surface area contributed by atoms with Gasteiger partial charge in [0.15, 0.2) is 5.79 Å². The summed E-state index contributed by atoms with van der Waals surface area (Å²) in [6, 6.07) is 0. The number of carboxylic acids is 1. The highest BCUT2D eigenvalue weighted by molar-refractivity contribution is 7.91. The van der Waals surface area contributed by atoms with Crippen LogP contribution in [0.2, 0.25) is 0 Å². The second-order valence-electron chi connectivity index (χ2n) is 5.58. The van der Waals surface area contributed by atoms with Crippen LogP contribution in [0.4, 0.5) is 0 Å². The molecule has 6 nitrogen and oxygen atoms in total. The lowest BCUT2D eigenvalue weighted by molar-refractivity contribution is -0.169. The van der Waals surface area contributed by atoms with E-state index in [-0.39, 0.29) is 30.5 Å². The van der Waals surface area contributed by atoms with Crippen LogP contribution in [-0.4, -0.2) is 49.5 Å². The van der Waals surface area contributed by atoms with Gasteiger partial charge in [0, 0.05) is 6.42 Å². The van der Waals surface area contributed by atoms with E-state index in [4.69, 9.17) is 14.6 Å². The smallest absolute Gasteiger partial charge is 0.306 e. The van der Waals surface area contributed by atoms with Gasteiger partial charge in [0.1, 0.15) is 9.84 Å². The Labute approximate surface area is 113 Å². The Balaban J connectivity index is 1.84. The average molecular weight is 292 g/mol. The second-order valence-corrected chi connectivity index (χ2v) is 7.89. The molecule has 110 valence electrons. The molecule has 0 aromatic carbocycles. The fourth-order valence-electron chi connectivity index (χ4n) is 2.76. The molecule has 2 aliphatic heterocycles. The Bertz CT molecular complexity index is 431. The monoisotopic (exact) mass is 292 g/mol. The van der Waals surface area contributed by atoms with Crippen molar-refractivity contribution in [3.63, 3.8) is 0 Å². The number of sulfone groups is 1. The summed E-state index contributed by atoms with van der Waals surface area (Å²) in [5.74, 6) is -0.955. The van der Waals surface area contributed by atoms with Crippen molar-refractivity contribution in [1.29, 1.82) is 0 Å². The van der Waals surface area contributed by atoms with E-state index in [1.807, 2.05) is 0 Å². The number of hydrogen-bond acceptors (Lipinski definition) is 5. The van der Waals surface area contributed by atoms with Gasteiger partial charge in [0.2, 0.25) is 0 Å². The van der Waals surface area contributed by atoms with Crippen LogP contribution in [0, 0.1) is 5.92 Å². The molecule has 1 N–H and O–H groups in total. The molecule has 2 unspecified atom stereocenters. The number of rotatable bonds is 4. The molecular formula is C12H20O6S. The van der Waals surface area contributed by atoms with Crippen molar-refractivity contribution in [3.8, 4) is 0 Å². The van der Waals surface area contributed by atoms with E-state index in [1.165, 1.54) is 0 Å². The molecule has 0 aromatic heterocycles. The molecule has 7 heteroatoms. The van der Waals surface area contributed by atoms with Crippen molar-refractivity contribution in [1.82, 2.24) is 0 Å². The third-order valence-electron chi connectivity index (χ3n) is 3.73. The fraction of sp³-hybridized carbons (Fsp3) is 0.917. The number of carboxylic acid groups (broad SMARTS) is 1. The summed E-state index contributed by atoms with van der Waals surface area (Å²) < 4.78 is 34.0. The van der Waals surface area contributed by atoms with Crippen molar-refractivity contribution in [2.24, 2.45) is 5.92 Å². The third kappa shape index (κ3) is 4.15. The van der Waals surface area contributed by atoms with Gasteiger partial charge in [-0.2, -0.15) is 0 Å². The molecule has 2 aliphatic rings. The largest absolute Gasteiger partial charge is 0.481 e. The summed E-state index contributed by atoms with van der Waals surface area (Å²) >= 11 is 0. The van der Waals surface area contributed by atoms with Crippen molar-refractivity contribution >= 4 is 15.8 Å². The molecule has 0 spiro atoms. The zero-order valence-corrected chi connectivity index (χ0v) is 11.8. The molecule has 2 rings (SSSR count). The molecule has 0 amide bonds. The molecule has 0 saturated carbocycles. The van der Waals surface area contributed by atoms with E-state index in [0.29, 0.717) is 19.3 Å². The molecule has 2 fully saturated rings. The van der Waals surface area contributed by atoms with Gasteiger partial charge in [-0.1, -0.05) is 0 Å². The number of carbonyl (C=O) groups is 1. The second kappa shape index (κ2) is 5.38. The summed E-state index contributed by atoms with van der Waals surface area (Å²) in [5.41, 5.74) is 0. The summed E-state index contributed by atoms with van der Waals surface area (Å²) in [6.45, 7) is 2.09. The van der Waals surface area contributed by atoms with E-state index in [1.54, 1.807) is 6.92 Å².